The van der Waals surface area contributed by atoms with E-state index in [4.69, 9.17) is 11.6 Å². The molecule has 2 atom stereocenters. The fourth-order valence-corrected chi connectivity index (χ4v) is 4.09. The lowest BCUT2D eigenvalue weighted by molar-refractivity contribution is 0.217. The third-order valence-corrected chi connectivity index (χ3v) is 5.57. The van der Waals surface area contributed by atoms with Crippen LogP contribution >= 0.6 is 11.6 Å². The molecule has 2 fully saturated rings. The number of nitrogens with one attached hydrogen (secondary N) is 2. The van der Waals surface area contributed by atoms with Gasteiger partial charge in [-0.25, -0.2) is 4.98 Å². The topological polar surface area (TPSA) is 56.3 Å². The molecule has 1 aromatic heterocycles. The van der Waals surface area contributed by atoms with Crippen molar-refractivity contribution in [3.63, 3.8) is 0 Å². The Morgan fingerprint density at radius 3 is 2.24 bits per heavy atom. The molecule has 0 bridgehead atoms. The minimum Gasteiger partial charge on any atom is -0.368 e. The molecule has 3 heterocycles. The molecular formula is C18H31ClN6. The van der Waals surface area contributed by atoms with E-state index in [1.165, 1.54) is 38.8 Å². The Labute approximate surface area is 156 Å². The smallest absolute Gasteiger partial charge is 0.224 e. The molecular weight excluding hydrogens is 336 g/mol. The zero-order valence-corrected chi connectivity index (χ0v) is 16.2. The zero-order valence-electron chi connectivity index (χ0n) is 15.5. The van der Waals surface area contributed by atoms with Gasteiger partial charge in [-0.05, 0) is 64.7 Å². The largest absolute Gasteiger partial charge is 0.368 e. The summed E-state index contributed by atoms with van der Waals surface area (Å²) in [5.74, 6) is 2.72. The Morgan fingerprint density at radius 1 is 1.04 bits per heavy atom. The van der Waals surface area contributed by atoms with Gasteiger partial charge in [-0.3, -0.25) is 0 Å². The maximum Gasteiger partial charge on any atom is 0.224 e. The number of piperidine rings is 2. The molecule has 2 aliphatic heterocycles. The van der Waals surface area contributed by atoms with Crippen LogP contribution in [-0.2, 0) is 0 Å². The highest BCUT2D eigenvalue weighted by Crippen LogP contribution is 2.22. The third kappa shape index (κ3) is 5.69. The normalized spacial score (nSPS) is 25.7. The Bertz CT molecular complexity index is 554. The van der Waals surface area contributed by atoms with E-state index in [9.17, 15) is 0 Å². The molecule has 25 heavy (non-hydrogen) atoms. The first-order valence-corrected chi connectivity index (χ1v) is 9.85. The van der Waals surface area contributed by atoms with E-state index >= 15 is 0 Å². The molecule has 2 saturated heterocycles. The van der Waals surface area contributed by atoms with E-state index in [1.807, 2.05) is 0 Å². The minimum absolute atomic E-state index is 0.590. The molecule has 6 nitrogen and oxygen atoms in total. The first-order valence-electron chi connectivity index (χ1n) is 9.47. The molecule has 2 aliphatic rings. The summed E-state index contributed by atoms with van der Waals surface area (Å²) in [6.45, 7) is 6.51. The monoisotopic (exact) mass is 366 g/mol. The Kier molecular flexibility index (Phi) is 6.73. The van der Waals surface area contributed by atoms with Crippen molar-refractivity contribution in [1.82, 2.24) is 19.8 Å². The highest BCUT2D eigenvalue weighted by molar-refractivity contribution is 6.32. The van der Waals surface area contributed by atoms with Crippen molar-refractivity contribution in [2.24, 2.45) is 11.8 Å². The molecule has 140 valence electrons. The second-order valence-electron chi connectivity index (χ2n) is 7.69. The van der Waals surface area contributed by atoms with Crippen LogP contribution in [0.1, 0.15) is 25.7 Å². The fourth-order valence-electron chi connectivity index (χ4n) is 3.93. The van der Waals surface area contributed by atoms with E-state index < -0.39 is 0 Å². The number of aromatic nitrogens is 2. The summed E-state index contributed by atoms with van der Waals surface area (Å²) < 4.78 is 0. The van der Waals surface area contributed by atoms with E-state index in [0.29, 0.717) is 22.8 Å². The predicted molar refractivity (Wildman–Crippen MR) is 104 cm³/mol. The molecule has 2 N–H and O–H groups in total. The zero-order chi connectivity index (χ0) is 17.6. The lowest BCUT2D eigenvalue weighted by Gasteiger charge is -2.30. The second-order valence-corrected chi connectivity index (χ2v) is 8.10. The highest BCUT2D eigenvalue weighted by Gasteiger charge is 2.19. The quantitative estimate of drug-likeness (QED) is 0.807. The predicted octanol–water partition coefficient (Wildman–Crippen LogP) is 2.64. The third-order valence-electron chi connectivity index (χ3n) is 5.30. The van der Waals surface area contributed by atoms with Crippen LogP contribution in [0.5, 0.6) is 0 Å². The summed E-state index contributed by atoms with van der Waals surface area (Å²) in [7, 11) is 4.38. The van der Waals surface area contributed by atoms with E-state index in [1.54, 1.807) is 6.20 Å². The van der Waals surface area contributed by atoms with Crippen molar-refractivity contribution in [3.8, 4) is 0 Å². The number of nitrogens with zero attached hydrogens (tertiary/aromatic N) is 4. The minimum atomic E-state index is 0.590. The van der Waals surface area contributed by atoms with Crippen LogP contribution in [0.25, 0.3) is 0 Å². The number of hydrogen-bond acceptors (Lipinski definition) is 6. The van der Waals surface area contributed by atoms with Crippen molar-refractivity contribution in [1.29, 1.82) is 0 Å². The Morgan fingerprint density at radius 2 is 1.64 bits per heavy atom. The number of likely N-dealkylation sites (tertiary alicyclic amines) is 2. The molecule has 1 aromatic rings. The summed E-state index contributed by atoms with van der Waals surface area (Å²) in [6, 6.07) is 0. The lowest BCUT2D eigenvalue weighted by Crippen LogP contribution is -2.35. The van der Waals surface area contributed by atoms with Gasteiger partial charge >= 0.3 is 0 Å². The Balaban J connectivity index is 1.51. The van der Waals surface area contributed by atoms with Gasteiger partial charge in [0.1, 0.15) is 10.8 Å². The molecule has 0 radical (unpaired) electrons. The maximum atomic E-state index is 6.28. The van der Waals surface area contributed by atoms with Crippen molar-refractivity contribution < 1.29 is 0 Å². The molecule has 0 aliphatic carbocycles. The number of halogens is 1. The molecule has 0 spiro atoms. The van der Waals surface area contributed by atoms with Gasteiger partial charge < -0.3 is 20.4 Å². The number of hydrogen-bond donors (Lipinski definition) is 2. The van der Waals surface area contributed by atoms with E-state index in [-0.39, 0.29) is 0 Å². The molecule has 2 unspecified atom stereocenters. The van der Waals surface area contributed by atoms with Gasteiger partial charge in [-0.1, -0.05) is 11.6 Å². The lowest BCUT2D eigenvalue weighted by atomic mass is 9.98. The van der Waals surface area contributed by atoms with Crippen LogP contribution in [0.2, 0.25) is 5.02 Å². The van der Waals surface area contributed by atoms with Gasteiger partial charge in [-0.2, -0.15) is 4.98 Å². The summed E-state index contributed by atoms with van der Waals surface area (Å²) in [6.07, 6.45) is 6.76. The average Bonchev–Trinajstić information content (AvgIpc) is 2.60. The van der Waals surface area contributed by atoms with Crippen LogP contribution in [0.4, 0.5) is 11.8 Å². The first-order chi connectivity index (χ1) is 12.1. The second kappa shape index (κ2) is 9.01. The molecule has 7 heteroatoms. The Hall–Kier alpha value is -1.11. The van der Waals surface area contributed by atoms with Gasteiger partial charge in [0.2, 0.25) is 5.95 Å². The molecule has 0 amide bonds. The van der Waals surface area contributed by atoms with Crippen molar-refractivity contribution in [3.05, 3.63) is 11.2 Å². The highest BCUT2D eigenvalue weighted by atomic mass is 35.5. The van der Waals surface area contributed by atoms with Crippen LogP contribution < -0.4 is 10.6 Å². The van der Waals surface area contributed by atoms with Crippen LogP contribution in [-0.4, -0.2) is 73.1 Å². The van der Waals surface area contributed by atoms with Gasteiger partial charge in [0.25, 0.3) is 0 Å². The summed E-state index contributed by atoms with van der Waals surface area (Å²) in [5, 5.41) is 7.41. The number of anilines is 2. The fraction of sp³-hybridized carbons (Fsp3) is 0.778. The first kappa shape index (κ1) is 18.7. The van der Waals surface area contributed by atoms with Crippen LogP contribution in [0.3, 0.4) is 0 Å². The van der Waals surface area contributed by atoms with Gasteiger partial charge in [-0.15, -0.1) is 0 Å². The van der Waals surface area contributed by atoms with Crippen LogP contribution in [0.15, 0.2) is 6.20 Å². The molecule has 0 aromatic carbocycles. The standard InChI is InChI=1S/C18H31ClN6/c1-24-7-3-5-14(12-24)9-20-17-16(19)11-22-18(23-17)21-10-15-6-4-8-25(2)13-15/h11,14-15H,3-10,12-13H2,1-2H3,(H2,20,21,22,23). The van der Waals surface area contributed by atoms with Crippen molar-refractivity contribution in [2.45, 2.75) is 25.7 Å². The number of rotatable bonds is 6. The van der Waals surface area contributed by atoms with Crippen molar-refractivity contribution >= 4 is 23.4 Å². The van der Waals surface area contributed by atoms with Crippen molar-refractivity contribution in [2.75, 3.05) is 64.0 Å². The SMILES string of the molecule is CN1CCCC(CNc2ncc(Cl)c(NCC3CCCN(C)C3)n2)C1. The van der Waals surface area contributed by atoms with Gasteiger partial charge in [0.15, 0.2) is 0 Å². The van der Waals surface area contributed by atoms with Gasteiger partial charge in [0, 0.05) is 26.2 Å². The molecule has 3 rings (SSSR count). The average molecular weight is 367 g/mol. The van der Waals surface area contributed by atoms with Gasteiger partial charge in [0.05, 0.1) is 6.20 Å². The summed E-state index contributed by atoms with van der Waals surface area (Å²) in [5.41, 5.74) is 0. The maximum absolute atomic E-state index is 6.28. The van der Waals surface area contributed by atoms with E-state index in [0.717, 1.165) is 32.0 Å². The van der Waals surface area contributed by atoms with E-state index in [2.05, 4.69) is 44.5 Å². The summed E-state index contributed by atoms with van der Waals surface area (Å²) in [4.78, 5) is 13.7. The summed E-state index contributed by atoms with van der Waals surface area (Å²) >= 11 is 6.28. The van der Waals surface area contributed by atoms with Crippen LogP contribution in [0, 0.1) is 11.8 Å². The molecule has 0 saturated carbocycles.